The highest BCUT2D eigenvalue weighted by molar-refractivity contribution is 7.08. The molecule has 0 fully saturated rings. The second kappa shape index (κ2) is 4.46. The van der Waals surface area contributed by atoms with Gasteiger partial charge in [-0.05, 0) is 23.7 Å². The molecule has 1 aromatic heterocycles. The Hall–Kier alpha value is -1.66. The largest absolute Gasteiger partial charge is 0.421 e. The molecule has 82 valence electrons. The Bertz CT molecular complexity index is 529. The summed E-state index contributed by atoms with van der Waals surface area (Å²) in [6.07, 6.45) is 0. The normalized spacial score (nSPS) is 10.1. The molecule has 0 aliphatic rings. The monoisotopic (exact) mass is 255 g/mol. The van der Waals surface area contributed by atoms with Crippen LogP contribution >= 0.6 is 23.1 Å². The van der Waals surface area contributed by atoms with Gasteiger partial charge in [0.1, 0.15) is 5.75 Å². The second-order valence-corrected chi connectivity index (χ2v) is 3.97. The number of aromatic nitrogens is 2. The first-order valence-electron chi connectivity index (χ1n) is 4.23. The topological polar surface area (TPSA) is 78.1 Å². The molecule has 0 saturated heterocycles. The van der Waals surface area contributed by atoms with Gasteiger partial charge in [-0.15, -0.1) is 5.10 Å². The van der Waals surface area contributed by atoms with Crippen molar-refractivity contribution in [3.8, 4) is 5.75 Å². The molecule has 2 rings (SSSR count). The van der Waals surface area contributed by atoms with Gasteiger partial charge in [-0.1, -0.05) is 28.2 Å². The number of hydrogen-bond donors (Lipinski definition) is 1. The molecular formula is C9H6ClN3O2S. The Balaban J connectivity index is 2.21. The smallest absolute Gasteiger partial charge is 0.359 e. The van der Waals surface area contributed by atoms with Crippen LogP contribution in [0.3, 0.4) is 0 Å². The van der Waals surface area contributed by atoms with Crippen LogP contribution in [0.4, 0.5) is 5.82 Å². The van der Waals surface area contributed by atoms with Crippen LogP contribution in [-0.4, -0.2) is 15.6 Å². The molecule has 0 radical (unpaired) electrons. The number of para-hydroxylation sites is 1. The van der Waals surface area contributed by atoms with Crippen LogP contribution in [-0.2, 0) is 0 Å². The number of ether oxygens (including phenoxy) is 1. The number of nitrogen functional groups attached to an aromatic ring is 1. The fraction of sp³-hybridized carbons (Fsp3) is 0. The van der Waals surface area contributed by atoms with E-state index in [1.165, 1.54) is 0 Å². The number of anilines is 1. The number of halogens is 1. The summed E-state index contributed by atoms with van der Waals surface area (Å²) in [5.74, 6) is -0.273. The van der Waals surface area contributed by atoms with Crippen LogP contribution < -0.4 is 10.5 Å². The average Bonchev–Trinajstić information content (AvgIpc) is 2.68. The van der Waals surface area contributed by atoms with E-state index in [0.717, 1.165) is 11.5 Å². The van der Waals surface area contributed by atoms with E-state index in [1.807, 2.05) is 0 Å². The zero-order valence-electron chi connectivity index (χ0n) is 7.88. The third-order valence-electron chi connectivity index (χ3n) is 1.74. The van der Waals surface area contributed by atoms with Crippen LogP contribution in [0, 0.1) is 0 Å². The van der Waals surface area contributed by atoms with Crippen molar-refractivity contribution in [3.63, 3.8) is 0 Å². The molecule has 2 aromatic rings. The molecule has 2 N–H and O–H groups in total. The van der Waals surface area contributed by atoms with Crippen molar-refractivity contribution in [1.82, 2.24) is 9.59 Å². The first kappa shape index (κ1) is 10.8. The van der Waals surface area contributed by atoms with Crippen molar-refractivity contribution in [2.75, 3.05) is 5.73 Å². The summed E-state index contributed by atoms with van der Waals surface area (Å²) in [5.41, 5.74) is 5.44. The molecule has 0 atom stereocenters. The molecule has 1 aromatic carbocycles. The van der Waals surface area contributed by atoms with Gasteiger partial charge in [-0.2, -0.15) is 0 Å². The predicted octanol–water partition coefficient (Wildman–Crippen LogP) is 1.99. The van der Waals surface area contributed by atoms with E-state index in [9.17, 15) is 4.79 Å². The minimum Gasteiger partial charge on any atom is -0.421 e. The van der Waals surface area contributed by atoms with E-state index in [1.54, 1.807) is 24.3 Å². The summed E-state index contributed by atoms with van der Waals surface area (Å²) >= 11 is 6.71. The van der Waals surface area contributed by atoms with E-state index in [4.69, 9.17) is 22.1 Å². The molecule has 1 heterocycles. The lowest BCUT2D eigenvalue weighted by atomic mass is 10.3. The van der Waals surface area contributed by atoms with E-state index >= 15 is 0 Å². The Morgan fingerprint density at radius 1 is 1.44 bits per heavy atom. The van der Waals surface area contributed by atoms with Crippen LogP contribution in [0.25, 0.3) is 0 Å². The standard InChI is InChI=1S/C9H6ClN3O2S/c10-5-3-1-2-4-6(5)15-9(14)7-8(11)12-13-16-7/h1-4H,11H2. The molecule has 7 heteroatoms. The summed E-state index contributed by atoms with van der Waals surface area (Å²) < 4.78 is 8.59. The quantitative estimate of drug-likeness (QED) is 0.656. The first-order chi connectivity index (χ1) is 7.68. The van der Waals surface area contributed by atoms with Crippen LogP contribution in [0.1, 0.15) is 9.67 Å². The molecule has 0 saturated carbocycles. The van der Waals surface area contributed by atoms with Crippen molar-refractivity contribution < 1.29 is 9.53 Å². The van der Waals surface area contributed by atoms with Crippen molar-refractivity contribution in [3.05, 3.63) is 34.2 Å². The van der Waals surface area contributed by atoms with Crippen molar-refractivity contribution in [2.45, 2.75) is 0 Å². The average molecular weight is 256 g/mol. The summed E-state index contributed by atoms with van der Waals surface area (Å²) in [6.45, 7) is 0. The molecule has 0 aliphatic carbocycles. The van der Waals surface area contributed by atoms with Gasteiger partial charge in [0.25, 0.3) is 0 Å². The third-order valence-corrected chi connectivity index (χ3v) is 2.77. The third kappa shape index (κ3) is 2.12. The zero-order valence-corrected chi connectivity index (χ0v) is 9.46. The van der Waals surface area contributed by atoms with Crippen LogP contribution in [0.5, 0.6) is 5.75 Å². The Morgan fingerprint density at radius 2 is 2.19 bits per heavy atom. The van der Waals surface area contributed by atoms with Gasteiger partial charge >= 0.3 is 5.97 Å². The number of carbonyl (C=O) groups excluding carboxylic acids is 1. The van der Waals surface area contributed by atoms with Gasteiger partial charge in [0.15, 0.2) is 10.7 Å². The zero-order chi connectivity index (χ0) is 11.5. The Kier molecular flexibility index (Phi) is 3.02. The summed E-state index contributed by atoms with van der Waals surface area (Å²) in [6, 6.07) is 6.66. The van der Waals surface area contributed by atoms with Gasteiger partial charge < -0.3 is 10.5 Å². The molecule has 0 aliphatic heterocycles. The lowest BCUT2D eigenvalue weighted by Gasteiger charge is -2.03. The minimum atomic E-state index is -0.611. The number of nitrogens with two attached hydrogens (primary N) is 1. The fourth-order valence-electron chi connectivity index (χ4n) is 1.01. The van der Waals surface area contributed by atoms with Gasteiger partial charge in [0.2, 0.25) is 0 Å². The Labute approximate surface area is 100.0 Å². The van der Waals surface area contributed by atoms with E-state index < -0.39 is 5.97 Å². The minimum absolute atomic E-state index is 0.0575. The maximum absolute atomic E-state index is 11.6. The molecule has 16 heavy (non-hydrogen) atoms. The van der Waals surface area contributed by atoms with Crippen LogP contribution in [0.15, 0.2) is 24.3 Å². The number of esters is 1. The number of nitrogens with zero attached hydrogens (tertiary/aromatic N) is 2. The number of benzene rings is 1. The predicted molar refractivity (Wildman–Crippen MR) is 60.7 cm³/mol. The SMILES string of the molecule is Nc1nnsc1C(=O)Oc1ccccc1Cl. The highest BCUT2D eigenvalue weighted by Crippen LogP contribution is 2.25. The van der Waals surface area contributed by atoms with Crippen molar-refractivity contribution in [2.24, 2.45) is 0 Å². The van der Waals surface area contributed by atoms with E-state index in [-0.39, 0.29) is 16.4 Å². The maximum atomic E-state index is 11.6. The molecular weight excluding hydrogens is 250 g/mol. The van der Waals surface area contributed by atoms with E-state index in [2.05, 4.69) is 9.59 Å². The van der Waals surface area contributed by atoms with Gasteiger partial charge in [-0.25, -0.2) is 4.79 Å². The Morgan fingerprint density at radius 3 is 2.81 bits per heavy atom. The lowest BCUT2D eigenvalue weighted by molar-refractivity contribution is 0.0741. The fourth-order valence-corrected chi connectivity index (χ4v) is 1.65. The van der Waals surface area contributed by atoms with Crippen molar-refractivity contribution >= 4 is 34.9 Å². The highest BCUT2D eigenvalue weighted by Gasteiger charge is 2.17. The maximum Gasteiger partial charge on any atom is 0.359 e. The molecule has 0 spiro atoms. The number of carbonyl (C=O) groups is 1. The van der Waals surface area contributed by atoms with Gasteiger partial charge in [0.05, 0.1) is 5.02 Å². The summed E-state index contributed by atoms with van der Waals surface area (Å²) in [7, 11) is 0. The van der Waals surface area contributed by atoms with Crippen LogP contribution in [0.2, 0.25) is 5.02 Å². The number of rotatable bonds is 2. The molecule has 5 nitrogen and oxygen atoms in total. The molecule has 0 bridgehead atoms. The highest BCUT2D eigenvalue weighted by atomic mass is 35.5. The summed E-state index contributed by atoms with van der Waals surface area (Å²) in [5, 5.41) is 3.87. The van der Waals surface area contributed by atoms with E-state index in [0.29, 0.717) is 5.02 Å². The molecule has 0 unspecified atom stereocenters. The molecule has 0 amide bonds. The van der Waals surface area contributed by atoms with Gasteiger partial charge in [0, 0.05) is 0 Å². The first-order valence-corrected chi connectivity index (χ1v) is 5.38. The summed E-state index contributed by atoms with van der Waals surface area (Å²) in [4.78, 5) is 11.8. The lowest BCUT2D eigenvalue weighted by Crippen LogP contribution is -2.09. The van der Waals surface area contributed by atoms with Crippen molar-refractivity contribution in [1.29, 1.82) is 0 Å². The second-order valence-electron chi connectivity index (χ2n) is 2.81. The number of hydrogen-bond acceptors (Lipinski definition) is 6. The van der Waals surface area contributed by atoms with Gasteiger partial charge in [-0.3, -0.25) is 0 Å².